The molecule has 1 aliphatic heterocycles. The van der Waals surface area contributed by atoms with Crippen LogP contribution in [0.2, 0.25) is 5.02 Å². The van der Waals surface area contributed by atoms with Crippen molar-refractivity contribution in [2.75, 3.05) is 19.7 Å². The molecule has 1 heterocycles. The summed E-state index contributed by atoms with van der Waals surface area (Å²) in [6.07, 6.45) is -7.17. The Labute approximate surface area is 257 Å². The van der Waals surface area contributed by atoms with Crippen LogP contribution in [0.25, 0.3) is 0 Å². The van der Waals surface area contributed by atoms with Gasteiger partial charge in [-0.1, -0.05) is 35.9 Å². The fourth-order valence-electron chi connectivity index (χ4n) is 5.38. The molecule has 2 aromatic rings. The molecule has 238 valence electrons. The Bertz CT molecular complexity index is 1490. The van der Waals surface area contributed by atoms with Gasteiger partial charge in [0.15, 0.2) is 9.84 Å². The number of benzene rings is 2. The minimum atomic E-state index is -4.91. The summed E-state index contributed by atoms with van der Waals surface area (Å²) >= 11 is 5.94. The minimum absolute atomic E-state index is 0.0128. The summed E-state index contributed by atoms with van der Waals surface area (Å²) in [5.74, 6) is -1.74. The monoisotopic (exact) mass is 657 g/mol. The van der Waals surface area contributed by atoms with Crippen molar-refractivity contribution in [3.8, 4) is 6.07 Å². The van der Waals surface area contributed by atoms with Crippen molar-refractivity contribution in [3.05, 3.63) is 64.7 Å². The number of alkyl halides is 3. The van der Waals surface area contributed by atoms with Crippen LogP contribution in [0, 0.1) is 17.2 Å². The molecule has 0 bridgehead atoms. The minimum Gasteiger partial charge on any atom is -0.433 e. The predicted molar refractivity (Wildman–Crippen MR) is 151 cm³/mol. The molecular formula is C29H31ClF3N3O7S. The van der Waals surface area contributed by atoms with Gasteiger partial charge in [-0.15, -0.1) is 5.06 Å². The number of hydroxylamine groups is 2. The maximum atomic E-state index is 13.7. The Balaban J connectivity index is 1.54. The number of carbonyl (C=O) groups excluding carboxylic acids is 2. The summed E-state index contributed by atoms with van der Waals surface area (Å²) < 4.78 is 79.1. The number of rotatable bonds is 9. The molecule has 0 unspecified atom stereocenters. The van der Waals surface area contributed by atoms with Gasteiger partial charge in [-0.25, -0.2) is 13.2 Å². The fourth-order valence-corrected chi connectivity index (χ4v) is 7.53. The number of nitriles is 1. The molecule has 1 aliphatic carbocycles. The molecule has 0 spiro atoms. The summed E-state index contributed by atoms with van der Waals surface area (Å²) in [6, 6.07) is 12.7. The van der Waals surface area contributed by atoms with Crippen LogP contribution < -0.4 is 5.32 Å². The molecule has 2 aromatic carbocycles. The van der Waals surface area contributed by atoms with E-state index in [4.69, 9.17) is 25.9 Å². The number of sulfone groups is 1. The van der Waals surface area contributed by atoms with Gasteiger partial charge in [0.1, 0.15) is 5.54 Å². The van der Waals surface area contributed by atoms with Gasteiger partial charge in [0.25, 0.3) is 0 Å². The number of carbonyl (C=O) groups is 2. The Morgan fingerprint density at radius 3 is 2.39 bits per heavy atom. The summed E-state index contributed by atoms with van der Waals surface area (Å²) in [4.78, 5) is 29.5. The zero-order valence-corrected chi connectivity index (χ0v) is 25.3. The van der Waals surface area contributed by atoms with Gasteiger partial charge < -0.3 is 19.6 Å². The molecule has 4 rings (SSSR count). The molecular weight excluding hydrogens is 627 g/mol. The average molecular weight is 658 g/mol. The summed E-state index contributed by atoms with van der Waals surface area (Å²) in [5, 5.41) is 13.2. The van der Waals surface area contributed by atoms with E-state index in [1.165, 1.54) is 11.1 Å². The molecule has 2 fully saturated rings. The summed E-state index contributed by atoms with van der Waals surface area (Å²) in [6.45, 7) is 1.94. The number of ether oxygens (including phenoxy) is 2. The van der Waals surface area contributed by atoms with E-state index in [1.807, 2.05) is 0 Å². The molecule has 10 nitrogen and oxygen atoms in total. The van der Waals surface area contributed by atoms with Crippen molar-refractivity contribution in [1.29, 1.82) is 5.26 Å². The molecule has 1 N–H and O–H groups in total. The number of nitrogens with zero attached hydrogens (tertiary/aromatic N) is 2. The van der Waals surface area contributed by atoms with Crippen molar-refractivity contribution in [2.24, 2.45) is 5.92 Å². The van der Waals surface area contributed by atoms with Crippen LogP contribution in [-0.2, 0) is 41.7 Å². The van der Waals surface area contributed by atoms with E-state index in [1.54, 1.807) is 31.2 Å². The molecule has 1 amide bonds. The van der Waals surface area contributed by atoms with E-state index >= 15 is 0 Å². The first-order valence-corrected chi connectivity index (χ1v) is 15.8. The molecule has 1 saturated heterocycles. The molecule has 0 radical (unpaired) electrons. The third kappa shape index (κ3) is 7.82. The van der Waals surface area contributed by atoms with Gasteiger partial charge in [-0.3, -0.25) is 4.79 Å². The van der Waals surface area contributed by atoms with Crippen LogP contribution in [0.1, 0.15) is 43.7 Å². The van der Waals surface area contributed by atoms with Gasteiger partial charge in [0, 0.05) is 18.1 Å². The lowest BCUT2D eigenvalue weighted by Crippen LogP contribution is -2.56. The van der Waals surface area contributed by atoms with Crippen LogP contribution >= 0.6 is 11.6 Å². The molecule has 2 aliphatic rings. The largest absolute Gasteiger partial charge is 0.527 e. The lowest BCUT2D eigenvalue weighted by Gasteiger charge is -2.37. The lowest BCUT2D eigenvalue weighted by molar-refractivity contribution is -0.147. The van der Waals surface area contributed by atoms with Crippen LogP contribution in [-0.4, -0.2) is 62.1 Å². The van der Waals surface area contributed by atoms with Crippen LogP contribution in [0.3, 0.4) is 0 Å². The average Bonchev–Trinajstić information content (AvgIpc) is 3.43. The summed E-state index contributed by atoms with van der Waals surface area (Å²) in [7, 11) is -4.55. The first kappa shape index (κ1) is 33.5. The van der Waals surface area contributed by atoms with E-state index in [9.17, 15) is 36.4 Å². The van der Waals surface area contributed by atoms with Gasteiger partial charge in [0.2, 0.25) is 5.91 Å². The molecule has 0 aromatic heterocycles. The number of piperidine rings is 1. The molecule has 1 saturated carbocycles. The van der Waals surface area contributed by atoms with E-state index in [0.29, 0.717) is 16.7 Å². The highest BCUT2D eigenvalue weighted by molar-refractivity contribution is 7.92. The van der Waals surface area contributed by atoms with Crippen molar-refractivity contribution in [2.45, 2.75) is 67.2 Å². The molecule has 3 atom stereocenters. The highest BCUT2D eigenvalue weighted by Gasteiger charge is 2.49. The number of halogens is 4. The van der Waals surface area contributed by atoms with Gasteiger partial charge in [0.05, 0.1) is 47.0 Å². The van der Waals surface area contributed by atoms with Crippen molar-refractivity contribution in [1.82, 2.24) is 10.4 Å². The smallest absolute Gasteiger partial charge is 0.433 e. The molecule has 15 heteroatoms. The Morgan fingerprint density at radius 1 is 1.11 bits per heavy atom. The zero-order chi connectivity index (χ0) is 32.1. The Hall–Kier alpha value is -3.38. The maximum absolute atomic E-state index is 13.7. The van der Waals surface area contributed by atoms with Crippen molar-refractivity contribution < 1.29 is 45.5 Å². The second-order valence-corrected chi connectivity index (χ2v) is 13.2. The lowest BCUT2D eigenvalue weighted by atomic mass is 9.88. The number of amides is 1. The topological polar surface area (TPSA) is 135 Å². The Kier molecular flexibility index (Phi) is 10.5. The van der Waals surface area contributed by atoms with Gasteiger partial charge in [-0.2, -0.15) is 18.4 Å². The number of hydrogen-bond acceptors (Lipinski definition) is 9. The van der Waals surface area contributed by atoms with E-state index < -0.39 is 61.3 Å². The second kappa shape index (κ2) is 13.7. The Morgan fingerprint density at radius 2 is 1.77 bits per heavy atom. The standard InChI is InChI=1S/C29H31ClF3N3O7S/c1-2-41-27(38)43-36-13-11-28(18-34,12-14-36)35-26(37)22-15-21(16-24(22)42-17-19-7-9-20(30)10-8-19)44(39,40)25-6-4-3-5-23(25)29(31,32)33/h3-10,21-22,24H,2,11-17H2,1H3,(H,35,37)/t21-,22-,24-/m0/s1. The van der Waals surface area contributed by atoms with Crippen molar-refractivity contribution in [3.63, 3.8) is 0 Å². The summed E-state index contributed by atoms with van der Waals surface area (Å²) in [5.41, 5.74) is -1.96. The predicted octanol–water partition coefficient (Wildman–Crippen LogP) is 5.06. The fraction of sp³-hybridized carbons (Fsp3) is 0.483. The highest BCUT2D eigenvalue weighted by Crippen LogP contribution is 2.41. The third-order valence-corrected chi connectivity index (χ3v) is 10.2. The van der Waals surface area contributed by atoms with Crippen molar-refractivity contribution >= 4 is 33.5 Å². The first-order chi connectivity index (χ1) is 20.8. The van der Waals surface area contributed by atoms with Gasteiger partial charge >= 0.3 is 12.3 Å². The van der Waals surface area contributed by atoms with E-state index in [-0.39, 0.29) is 52.0 Å². The quantitative estimate of drug-likeness (QED) is 0.367. The zero-order valence-electron chi connectivity index (χ0n) is 23.7. The van der Waals surface area contributed by atoms with Crippen LogP contribution in [0.5, 0.6) is 0 Å². The SMILES string of the molecule is CCOC(=O)ON1CCC(C#N)(NC(=O)[C@H]2C[C@H](S(=O)(=O)c3ccccc3C(F)(F)F)C[C@@H]2OCc2ccc(Cl)cc2)CC1. The van der Waals surface area contributed by atoms with Crippen LogP contribution in [0.4, 0.5) is 18.0 Å². The first-order valence-electron chi connectivity index (χ1n) is 13.9. The second-order valence-electron chi connectivity index (χ2n) is 10.6. The number of nitrogens with one attached hydrogen (secondary N) is 1. The third-order valence-electron chi connectivity index (χ3n) is 7.73. The molecule has 44 heavy (non-hydrogen) atoms. The highest BCUT2D eigenvalue weighted by atomic mass is 35.5. The van der Waals surface area contributed by atoms with Gasteiger partial charge in [-0.05, 0) is 62.4 Å². The van der Waals surface area contributed by atoms with Crippen LogP contribution in [0.15, 0.2) is 53.4 Å². The maximum Gasteiger partial charge on any atom is 0.527 e. The van der Waals surface area contributed by atoms with E-state index in [2.05, 4.69) is 11.4 Å². The normalized spacial score (nSPS) is 22.1. The number of hydrogen-bond donors (Lipinski definition) is 1. The van der Waals surface area contributed by atoms with E-state index in [0.717, 1.165) is 12.1 Å².